The number of rotatable bonds is 2. The van der Waals surface area contributed by atoms with Crippen LogP contribution in [-0.4, -0.2) is 15.0 Å². The molecule has 0 radical (unpaired) electrons. The van der Waals surface area contributed by atoms with Crippen molar-refractivity contribution in [2.45, 2.75) is 5.75 Å². The van der Waals surface area contributed by atoms with Gasteiger partial charge in [0.25, 0.3) is 0 Å². The molecular formula is C13H11N3S. The molecule has 0 saturated carbocycles. The van der Waals surface area contributed by atoms with E-state index < -0.39 is 0 Å². The predicted molar refractivity (Wildman–Crippen MR) is 72.0 cm³/mol. The van der Waals surface area contributed by atoms with E-state index in [4.69, 9.17) is 0 Å². The van der Waals surface area contributed by atoms with Crippen molar-refractivity contribution in [1.82, 2.24) is 15.0 Å². The third kappa shape index (κ3) is 1.91. The number of aromatic nitrogens is 3. The van der Waals surface area contributed by atoms with E-state index in [1.54, 1.807) is 12.4 Å². The van der Waals surface area contributed by atoms with Crippen LogP contribution in [0.15, 0.2) is 42.7 Å². The molecule has 3 aromatic rings. The van der Waals surface area contributed by atoms with Gasteiger partial charge in [-0.25, -0.2) is 4.98 Å². The molecule has 0 bridgehead atoms. The monoisotopic (exact) mass is 241 g/mol. The first-order valence-corrected chi connectivity index (χ1v) is 6.00. The van der Waals surface area contributed by atoms with Crippen LogP contribution in [0, 0.1) is 0 Å². The first-order chi connectivity index (χ1) is 8.36. The lowest BCUT2D eigenvalue weighted by molar-refractivity contribution is 1.28. The molecule has 0 aliphatic heterocycles. The number of imidazole rings is 1. The number of nitrogens with one attached hydrogen (secondary N) is 1. The summed E-state index contributed by atoms with van der Waals surface area (Å²) in [4.78, 5) is 11.9. The molecule has 1 N–H and O–H groups in total. The van der Waals surface area contributed by atoms with Crippen molar-refractivity contribution in [3.63, 3.8) is 0 Å². The van der Waals surface area contributed by atoms with Crippen LogP contribution in [0.5, 0.6) is 0 Å². The van der Waals surface area contributed by atoms with E-state index in [9.17, 15) is 0 Å². The van der Waals surface area contributed by atoms with Gasteiger partial charge in [0.1, 0.15) is 5.82 Å². The second-order valence-electron chi connectivity index (χ2n) is 3.83. The summed E-state index contributed by atoms with van der Waals surface area (Å²) in [5.41, 5.74) is 4.25. The molecule has 0 unspecified atom stereocenters. The lowest BCUT2D eigenvalue weighted by Crippen LogP contribution is -1.79. The van der Waals surface area contributed by atoms with Gasteiger partial charge in [-0.3, -0.25) is 4.98 Å². The van der Waals surface area contributed by atoms with Crippen LogP contribution >= 0.6 is 12.6 Å². The van der Waals surface area contributed by atoms with Crippen molar-refractivity contribution in [3.05, 3.63) is 48.3 Å². The van der Waals surface area contributed by atoms with Gasteiger partial charge in [0, 0.05) is 23.7 Å². The predicted octanol–water partition coefficient (Wildman–Crippen LogP) is 3.05. The number of hydrogen-bond acceptors (Lipinski definition) is 3. The highest BCUT2D eigenvalue weighted by Gasteiger charge is 2.05. The number of aromatic amines is 1. The van der Waals surface area contributed by atoms with Gasteiger partial charge in [-0.05, 0) is 29.8 Å². The van der Waals surface area contributed by atoms with Gasteiger partial charge >= 0.3 is 0 Å². The van der Waals surface area contributed by atoms with E-state index in [1.165, 1.54) is 5.56 Å². The molecule has 0 amide bonds. The van der Waals surface area contributed by atoms with Crippen LogP contribution in [-0.2, 0) is 5.75 Å². The van der Waals surface area contributed by atoms with Crippen LogP contribution in [0.4, 0.5) is 0 Å². The number of H-pyrrole nitrogens is 1. The van der Waals surface area contributed by atoms with Crippen molar-refractivity contribution < 1.29 is 0 Å². The van der Waals surface area contributed by atoms with E-state index in [0.717, 1.165) is 28.2 Å². The van der Waals surface area contributed by atoms with E-state index in [1.807, 2.05) is 24.3 Å². The van der Waals surface area contributed by atoms with Gasteiger partial charge in [-0.15, -0.1) is 0 Å². The Bertz CT molecular complexity index is 646. The van der Waals surface area contributed by atoms with Gasteiger partial charge in [0.05, 0.1) is 11.0 Å². The molecule has 3 nitrogen and oxygen atoms in total. The SMILES string of the molecule is SCc1ccc2nc(-c3ccncc3)[nH]c2c1. The molecule has 2 aromatic heterocycles. The largest absolute Gasteiger partial charge is 0.338 e. The van der Waals surface area contributed by atoms with Crippen LogP contribution in [0.25, 0.3) is 22.4 Å². The second-order valence-corrected chi connectivity index (χ2v) is 4.15. The number of fused-ring (bicyclic) bond motifs is 1. The minimum Gasteiger partial charge on any atom is -0.338 e. The number of pyridine rings is 1. The fourth-order valence-electron chi connectivity index (χ4n) is 1.80. The Balaban J connectivity index is 2.14. The molecule has 0 spiro atoms. The highest BCUT2D eigenvalue weighted by molar-refractivity contribution is 7.79. The molecular weight excluding hydrogens is 230 g/mol. The summed E-state index contributed by atoms with van der Waals surface area (Å²) in [6.45, 7) is 0. The molecule has 0 saturated heterocycles. The average Bonchev–Trinajstić information content (AvgIpc) is 2.82. The van der Waals surface area contributed by atoms with Gasteiger partial charge < -0.3 is 4.98 Å². The summed E-state index contributed by atoms with van der Waals surface area (Å²) < 4.78 is 0. The average molecular weight is 241 g/mol. The Morgan fingerprint density at radius 1 is 1.12 bits per heavy atom. The van der Waals surface area contributed by atoms with Crippen molar-refractivity contribution in [3.8, 4) is 11.4 Å². The Hall–Kier alpha value is -1.81. The molecule has 3 rings (SSSR count). The minimum absolute atomic E-state index is 0.736. The van der Waals surface area contributed by atoms with Crippen LogP contribution in [0.3, 0.4) is 0 Å². The fraction of sp³-hybridized carbons (Fsp3) is 0.0769. The maximum atomic E-state index is 4.55. The van der Waals surface area contributed by atoms with E-state index >= 15 is 0 Å². The Morgan fingerprint density at radius 3 is 2.71 bits per heavy atom. The highest BCUT2D eigenvalue weighted by Crippen LogP contribution is 2.21. The summed E-state index contributed by atoms with van der Waals surface area (Å²) >= 11 is 4.27. The van der Waals surface area contributed by atoms with Crippen molar-refractivity contribution in [1.29, 1.82) is 0 Å². The second kappa shape index (κ2) is 4.22. The fourth-order valence-corrected chi connectivity index (χ4v) is 2.00. The summed E-state index contributed by atoms with van der Waals surface area (Å²) in [6.07, 6.45) is 3.53. The van der Waals surface area contributed by atoms with Gasteiger partial charge in [-0.1, -0.05) is 6.07 Å². The standard InChI is InChI=1S/C13H11N3S/c17-8-9-1-2-11-12(7-9)16-13(15-11)10-3-5-14-6-4-10/h1-7,17H,8H2,(H,15,16). The zero-order valence-corrected chi connectivity index (χ0v) is 9.98. The molecule has 0 aliphatic rings. The van der Waals surface area contributed by atoms with Crippen LogP contribution in [0.2, 0.25) is 0 Å². The number of thiol groups is 1. The molecule has 84 valence electrons. The zero-order valence-electron chi connectivity index (χ0n) is 9.09. The molecule has 0 aliphatic carbocycles. The Labute approximate surface area is 104 Å². The summed E-state index contributed by atoms with van der Waals surface area (Å²) in [5.74, 6) is 1.61. The Morgan fingerprint density at radius 2 is 1.94 bits per heavy atom. The summed E-state index contributed by atoms with van der Waals surface area (Å²) in [5, 5.41) is 0. The van der Waals surface area contributed by atoms with E-state index in [0.29, 0.717) is 0 Å². The molecule has 1 aromatic carbocycles. The topological polar surface area (TPSA) is 41.6 Å². The lowest BCUT2D eigenvalue weighted by atomic mass is 10.2. The Kier molecular flexibility index (Phi) is 2.57. The maximum Gasteiger partial charge on any atom is 0.138 e. The zero-order chi connectivity index (χ0) is 11.7. The molecule has 17 heavy (non-hydrogen) atoms. The summed E-state index contributed by atoms with van der Waals surface area (Å²) in [7, 11) is 0. The smallest absolute Gasteiger partial charge is 0.138 e. The first-order valence-electron chi connectivity index (χ1n) is 5.37. The van der Waals surface area contributed by atoms with Crippen molar-refractivity contribution >= 4 is 23.7 Å². The van der Waals surface area contributed by atoms with Gasteiger partial charge in [0.2, 0.25) is 0 Å². The van der Waals surface area contributed by atoms with Gasteiger partial charge in [-0.2, -0.15) is 12.6 Å². The first kappa shape index (κ1) is 10.4. The van der Waals surface area contributed by atoms with E-state index in [-0.39, 0.29) is 0 Å². The molecule has 0 fully saturated rings. The normalized spacial score (nSPS) is 10.9. The van der Waals surface area contributed by atoms with E-state index in [2.05, 4.69) is 33.6 Å². The number of nitrogens with zero attached hydrogens (tertiary/aromatic N) is 2. The maximum absolute atomic E-state index is 4.55. The third-order valence-corrected chi connectivity index (χ3v) is 3.05. The van der Waals surface area contributed by atoms with Gasteiger partial charge in [0.15, 0.2) is 0 Å². The third-order valence-electron chi connectivity index (χ3n) is 2.68. The van der Waals surface area contributed by atoms with Crippen molar-refractivity contribution in [2.75, 3.05) is 0 Å². The molecule has 4 heteroatoms. The number of benzene rings is 1. The van der Waals surface area contributed by atoms with Crippen LogP contribution < -0.4 is 0 Å². The molecule has 2 heterocycles. The summed E-state index contributed by atoms with van der Waals surface area (Å²) in [6, 6.07) is 10.0. The van der Waals surface area contributed by atoms with Crippen LogP contribution in [0.1, 0.15) is 5.56 Å². The highest BCUT2D eigenvalue weighted by atomic mass is 32.1. The number of hydrogen-bond donors (Lipinski definition) is 2. The van der Waals surface area contributed by atoms with Crippen molar-refractivity contribution in [2.24, 2.45) is 0 Å². The molecule has 0 atom stereocenters. The minimum atomic E-state index is 0.736. The lowest BCUT2D eigenvalue weighted by Gasteiger charge is -1.94. The quantitative estimate of drug-likeness (QED) is 0.677.